The van der Waals surface area contributed by atoms with E-state index in [9.17, 15) is 18.8 Å². The monoisotopic (exact) mass is 629 g/mol. The average Bonchev–Trinajstić information content (AvgIpc) is 3.57. The Hall–Kier alpha value is -4.06. The van der Waals surface area contributed by atoms with Crippen molar-refractivity contribution in [3.05, 3.63) is 92.9 Å². The number of carbonyl (C=O) groups is 1. The highest BCUT2D eigenvalue weighted by Crippen LogP contribution is 2.36. The molecule has 0 spiro atoms. The van der Waals surface area contributed by atoms with Crippen LogP contribution in [0.25, 0.3) is 11.0 Å². The lowest BCUT2D eigenvalue weighted by atomic mass is 9.90. The summed E-state index contributed by atoms with van der Waals surface area (Å²) in [6, 6.07) is 10.2. The lowest BCUT2D eigenvalue weighted by Gasteiger charge is -2.32. The van der Waals surface area contributed by atoms with Gasteiger partial charge in [0.2, 0.25) is 0 Å². The van der Waals surface area contributed by atoms with E-state index < -0.39 is 11.4 Å². The molecule has 1 unspecified atom stereocenters. The van der Waals surface area contributed by atoms with Crippen molar-refractivity contribution in [2.45, 2.75) is 75.5 Å². The van der Waals surface area contributed by atoms with Gasteiger partial charge in [0.15, 0.2) is 0 Å². The molecular weight excluding hydrogens is 593 g/mol. The fourth-order valence-corrected chi connectivity index (χ4v) is 8.33. The third-order valence-electron chi connectivity index (χ3n) is 9.46. The first-order valence-electron chi connectivity index (χ1n) is 15.8. The fraction of sp³-hybridized carbons (Fsp3) is 0.455. The summed E-state index contributed by atoms with van der Waals surface area (Å²) < 4.78 is 17.2. The first kappa shape index (κ1) is 29.6. The van der Waals surface area contributed by atoms with Crippen molar-refractivity contribution >= 4 is 34.5 Å². The van der Waals surface area contributed by atoms with E-state index in [1.54, 1.807) is 23.0 Å². The molecule has 0 aromatic carbocycles. The Labute approximate surface area is 264 Å². The summed E-state index contributed by atoms with van der Waals surface area (Å²) in [6.45, 7) is 0.792. The second kappa shape index (κ2) is 12.7. The van der Waals surface area contributed by atoms with Crippen LogP contribution in [-0.4, -0.2) is 54.1 Å². The normalized spacial score (nSPS) is 22.5. The molecule has 6 heterocycles. The average molecular weight is 630 g/mol. The Morgan fingerprint density at radius 1 is 0.889 bits per heavy atom. The highest BCUT2D eigenvalue weighted by molar-refractivity contribution is 7.99. The minimum absolute atomic E-state index is 0.0587. The molecular formula is C33H36FN7O3S. The van der Waals surface area contributed by atoms with Crippen molar-refractivity contribution in [3.8, 4) is 0 Å². The SMILES string of the molecule is O=C(NC1CCC(n2c(=O)c3cc(F)cnc3n(C3CCSCC3)c2=O)CC1)c1cccnc1N1CCCC1c1ccccn1. The Bertz CT molecular complexity index is 1820. The maximum Gasteiger partial charge on any atom is 0.333 e. The topological polar surface area (TPSA) is 115 Å². The van der Waals surface area contributed by atoms with Gasteiger partial charge in [0.1, 0.15) is 17.3 Å². The highest BCUT2D eigenvalue weighted by Gasteiger charge is 2.33. The van der Waals surface area contributed by atoms with Crippen molar-refractivity contribution in [1.82, 2.24) is 29.4 Å². The number of aromatic nitrogens is 5. The summed E-state index contributed by atoms with van der Waals surface area (Å²) >= 11 is 1.84. The molecule has 0 bridgehead atoms. The predicted molar refractivity (Wildman–Crippen MR) is 172 cm³/mol. The molecule has 0 radical (unpaired) electrons. The van der Waals surface area contributed by atoms with Gasteiger partial charge in [-0.15, -0.1) is 0 Å². The molecule has 234 valence electrons. The summed E-state index contributed by atoms with van der Waals surface area (Å²) in [5.41, 5.74) is 0.884. The highest BCUT2D eigenvalue weighted by atomic mass is 32.2. The van der Waals surface area contributed by atoms with E-state index in [2.05, 4.69) is 25.2 Å². The number of fused-ring (bicyclic) bond motifs is 1. The summed E-state index contributed by atoms with van der Waals surface area (Å²) in [5.74, 6) is 1.71. The standard InChI is InChI=1S/C33H36FN7O3S/c34-21-19-26-30(37-20-21)40(24-12-17-45-18-13-24)33(44)41(32(26)43)23-10-8-22(9-11-23)38-31(42)25-5-3-15-36-29(25)39-16-4-7-28(39)27-6-1-2-14-35-27/h1-3,5-6,14-15,19-20,22-24,28H,4,7-13,16-18H2,(H,38,42). The predicted octanol–water partition coefficient (Wildman–Crippen LogP) is 4.81. The summed E-state index contributed by atoms with van der Waals surface area (Å²) in [4.78, 5) is 56.8. The van der Waals surface area contributed by atoms with E-state index in [4.69, 9.17) is 0 Å². The summed E-state index contributed by atoms with van der Waals surface area (Å²) in [6.07, 6.45) is 10.4. The number of amides is 1. The lowest BCUT2D eigenvalue weighted by molar-refractivity contribution is 0.0922. The molecule has 12 heteroatoms. The molecule has 1 atom stereocenters. The van der Waals surface area contributed by atoms with Crippen LogP contribution in [-0.2, 0) is 0 Å². The Balaban J connectivity index is 1.10. The number of rotatable bonds is 6. The molecule has 1 amide bonds. The quantitative estimate of drug-likeness (QED) is 0.323. The van der Waals surface area contributed by atoms with Gasteiger partial charge in [-0.3, -0.25) is 23.7 Å². The number of pyridine rings is 3. The second-order valence-corrected chi connectivity index (χ2v) is 13.4. The van der Waals surface area contributed by atoms with Gasteiger partial charge < -0.3 is 10.2 Å². The summed E-state index contributed by atoms with van der Waals surface area (Å²) in [5, 5.41) is 3.34. The fourth-order valence-electron chi connectivity index (χ4n) is 7.24. The van der Waals surface area contributed by atoms with Crippen LogP contribution in [0.1, 0.15) is 85.5 Å². The number of nitrogens with zero attached hydrogens (tertiary/aromatic N) is 6. The van der Waals surface area contributed by atoms with Gasteiger partial charge in [-0.2, -0.15) is 11.8 Å². The van der Waals surface area contributed by atoms with Crippen LogP contribution < -0.4 is 21.5 Å². The van der Waals surface area contributed by atoms with Gasteiger partial charge in [0.25, 0.3) is 11.5 Å². The molecule has 4 aromatic rings. The van der Waals surface area contributed by atoms with Crippen LogP contribution in [0.3, 0.4) is 0 Å². The third kappa shape index (κ3) is 5.76. The van der Waals surface area contributed by atoms with Crippen molar-refractivity contribution in [2.75, 3.05) is 23.0 Å². The van der Waals surface area contributed by atoms with Gasteiger partial charge in [-0.1, -0.05) is 6.07 Å². The largest absolute Gasteiger partial charge is 0.349 e. The maximum atomic E-state index is 14.3. The first-order valence-corrected chi connectivity index (χ1v) is 17.0. The maximum absolute atomic E-state index is 14.3. The van der Waals surface area contributed by atoms with Crippen molar-refractivity contribution in [2.24, 2.45) is 0 Å². The number of nitrogens with one attached hydrogen (secondary N) is 1. The molecule has 3 fully saturated rings. The van der Waals surface area contributed by atoms with Crippen molar-refractivity contribution < 1.29 is 9.18 Å². The molecule has 1 N–H and O–H groups in total. The zero-order chi connectivity index (χ0) is 30.9. The minimum atomic E-state index is -0.600. The van der Waals surface area contributed by atoms with E-state index in [0.29, 0.717) is 37.1 Å². The molecule has 4 aromatic heterocycles. The second-order valence-electron chi connectivity index (χ2n) is 12.2. The Morgan fingerprint density at radius 2 is 1.67 bits per heavy atom. The van der Waals surface area contributed by atoms with Gasteiger partial charge in [-0.25, -0.2) is 19.2 Å². The van der Waals surface area contributed by atoms with Crippen LogP contribution in [0.5, 0.6) is 0 Å². The van der Waals surface area contributed by atoms with Crippen molar-refractivity contribution in [1.29, 1.82) is 0 Å². The van der Waals surface area contributed by atoms with Crippen LogP contribution >= 0.6 is 11.8 Å². The Kier molecular flexibility index (Phi) is 8.39. The number of anilines is 1. The number of carbonyl (C=O) groups excluding carboxylic acids is 1. The number of thioether (sulfide) groups is 1. The van der Waals surface area contributed by atoms with Crippen molar-refractivity contribution in [3.63, 3.8) is 0 Å². The smallest absolute Gasteiger partial charge is 0.333 e. The van der Waals surface area contributed by atoms with Crippen LogP contribution in [0.15, 0.2) is 64.6 Å². The van der Waals surface area contributed by atoms with E-state index in [1.165, 1.54) is 10.6 Å². The molecule has 1 saturated carbocycles. The lowest BCUT2D eigenvalue weighted by Crippen LogP contribution is -2.46. The minimum Gasteiger partial charge on any atom is -0.349 e. The van der Waals surface area contributed by atoms with Gasteiger partial charge in [-0.05, 0) is 93.2 Å². The summed E-state index contributed by atoms with van der Waals surface area (Å²) in [7, 11) is 0. The van der Waals surface area contributed by atoms with Crippen LogP contribution in [0.4, 0.5) is 10.2 Å². The van der Waals surface area contributed by atoms with E-state index in [-0.39, 0.29) is 46.8 Å². The Morgan fingerprint density at radius 3 is 2.44 bits per heavy atom. The van der Waals surface area contributed by atoms with Crippen LogP contribution in [0, 0.1) is 5.82 Å². The van der Waals surface area contributed by atoms with E-state index >= 15 is 0 Å². The van der Waals surface area contributed by atoms with Gasteiger partial charge in [0.05, 0.1) is 28.9 Å². The van der Waals surface area contributed by atoms with Crippen LogP contribution in [0.2, 0.25) is 0 Å². The zero-order valence-corrected chi connectivity index (χ0v) is 25.8. The van der Waals surface area contributed by atoms with Gasteiger partial charge >= 0.3 is 5.69 Å². The first-order chi connectivity index (χ1) is 22.0. The molecule has 45 heavy (non-hydrogen) atoms. The molecule has 3 aliphatic rings. The van der Waals surface area contributed by atoms with Gasteiger partial charge in [0, 0.05) is 37.1 Å². The van der Waals surface area contributed by atoms with E-state index in [1.807, 2.05) is 36.0 Å². The number of halogens is 1. The molecule has 7 rings (SSSR count). The number of hydrogen-bond acceptors (Lipinski definition) is 8. The molecule has 2 saturated heterocycles. The third-order valence-corrected chi connectivity index (χ3v) is 10.5. The zero-order valence-electron chi connectivity index (χ0n) is 25.0. The van der Waals surface area contributed by atoms with E-state index in [0.717, 1.165) is 55.6 Å². The molecule has 1 aliphatic carbocycles. The molecule has 10 nitrogen and oxygen atoms in total. The molecule has 2 aliphatic heterocycles. The number of hydrogen-bond donors (Lipinski definition) is 1.